The molecule has 0 spiro atoms. The van der Waals surface area contributed by atoms with Crippen molar-refractivity contribution in [3.63, 3.8) is 0 Å². The summed E-state index contributed by atoms with van der Waals surface area (Å²) in [6.45, 7) is 4.55. The zero-order chi connectivity index (χ0) is 10.8. The van der Waals surface area contributed by atoms with Crippen molar-refractivity contribution in [1.82, 2.24) is 14.5 Å². The molecule has 15 heavy (non-hydrogen) atoms. The standard InChI is InChI=1S/C11H12FN3/c1-3-5-9-10-11(8(12)6-13-9)15(4-2)7-14-10/h3,5-7H,4H2,1-2H3/b5-3-. The van der Waals surface area contributed by atoms with Crippen LogP contribution < -0.4 is 0 Å². The monoisotopic (exact) mass is 205 g/mol. The lowest BCUT2D eigenvalue weighted by molar-refractivity contribution is 0.620. The first-order valence-electron chi connectivity index (χ1n) is 4.90. The minimum Gasteiger partial charge on any atom is -0.328 e. The van der Waals surface area contributed by atoms with Crippen molar-refractivity contribution >= 4 is 17.1 Å². The van der Waals surface area contributed by atoms with Gasteiger partial charge in [-0.05, 0) is 19.9 Å². The zero-order valence-corrected chi connectivity index (χ0v) is 8.74. The van der Waals surface area contributed by atoms with E-state index in [4.69, 9.17) is 0 Å². The van der Waals surface area contributed by atoms with E-state index in [1.54, 1.807) is 10.9 Å². The van der Waals surface area contributed by atoms with Crippen molar-refractivity contribution in [1.29, 1.82) is 0 Å². The van der Waals surface area contributed by atoms with E-state index >= 15 is 0 Å². The van der Waals surface area contributed by atoms with Crippen LogP contribution in [0, 0.1) is 5.82 Å². The molecule has 2 aromatic heterocycles. The Morgan fingerprint density at radius 2 is 2.27 bits per heavy atom. The number of pyridine rings is 1. The van der Waals surface area contributed by atoms with Gasteiger partial charge in [0.15, 0.2) is 5.82 Å². The average molecular weight is 205 g/mol. The maximum absolute atomic E-state index is 13.5. The van der Waals surface area contributed by atoms with Gasteiger partial charge >= 0.3 is 0 Å². The van der Waals surface area contributed by atoms with Crippen molar-refractivity contribution in [2.24, 2.45) is 0 Å². The Morgan fingerprint density at radius 1 is 1.47 bits per heavy atom. The molecule has 0 N–H and O–H groups in total. The van der Waals surface area contributed by atoms with Gasteiger partial charge in [0.1, 0.15) is 11.0 Å². The molecule has 78 valence electrons. The van der Waals surface area contributed by atoms with Crippen LogP contribution in [0.3, 0.4) is 0 Å². The third kappa shape index (κ3) is 1.52. The van der Waals surface area contributed by atoms with Gasteiger partial charge in [-0.25, -0.2) is 9.37 Å². The number of aryl methyl sites for hydroxylation is 1. The zero-order valence-electron chi connectivity index (χ0n) is 8.74. The molecule has 0 saturated heterocycles. The highest BCUT2D eigenvalue weighted by Crippen LogP contribution is 2.19. The number of nitrogens with zero attached hydrogens (tertiary/aromatic N) is 3. The first-order chi connectivity index (χ1) is 7.27. The van der Waals surface area contributed by atoms with Crippen molar-refractivity contribution in [2.75, 3.05) is 0 Å². The van der Waals surface area contributed by atoms with E-state index in [0.29, 0.717) is 23.3 Å². The SMILES string of the molecule is C/C=C\c1ncc(F)c2c1ncn2CC. The molecule has 0 bridgehead atoms. The number of rotatable bonds is 2. The third-order valence-electron chi connectivity index (χ3n) is 2.29. The van der Waals surface area contributed by atoms with Crippen LogP contribution in [0.25, 0.3) is 17.1 Å². The second-order valence-electron chi connectivity index (χ2n) is 3.22. The van der Waals surface area contributed by atoms with Crippen molar-refractivity contribution in [3.8, 4) is 0 Å². The molecule has 0 saturated carbocycles. The van der Waals surface area contributed by atoms with E-state index in [1.807, 2.05) is 26.0 Å². The van der Waals surface area contributed by atoms with Gasteiger partial charge in [-0.15, -0.1) is 0 Å². The predicted molar refractivity (Wildman–Crippen MR) is 57.9 cm³/mol. The molecule has 0 atom stereocenters. The Labute approximate surface area is 87.3 Å². The van der Waals surface area contributed by atoms with Crippen LogP contribution in [0.1, 0.15) is 19.5 Å². The van der Waals surface area contributed by atoms with Gasteiger partial charge < -0.3 is 4.57 Å². The summed E-state index contributed by atoms with van der Waals surface area (Å²) in [6, 6.07) is 0. The first kappa shape index (κ1) is 9.83. The van der Waals surface area contributed by atoms with Gasteiger partial charge in [0.2, 0.25) is 0 Å². The fourth-order valence-corrected chi connectivity index (χ4v) is 1.59. The van der Waals surface area contributed by atoms with E-state index < -0.39 is 0 Å². The highest BCUT2D eigenvalue weighted by molar-refractivity contribution is 5.83. The highest BCUT2D eigenvalue weighted by atomic mass is 19.1. The summed E-state index contributed by atoms with van der Waals surface area (Å²) in [5.41, 5.74) is 1.86. The van der Waals surface area contributed by atoms with Crippen molar-refractivity contribution < 1.29 is 4.39 Å². The molecular formula is C11H12FN3. The molecule has 2 rings (SSSR count). The second kappa shape index (κ2) is 3.81. The number of halogens is 1. The van der Waals surface area contributed by atoms with E-state index in [2.05, 4.69) is 9.97 Å². The van der Waals surface area contributed by atoms with Gasteiger partial charge in [0.05, 0.1) is 18.2 Å². The number of hydrogen-bond acceptors (Lipinski definition) is 2. The summed E-state index contributed by atoms with van der Waals surface area (Å²) < 4.78 is 15.3. The van der Waals surface area contributed by atoms with Crippen LogP contribution in [-0.4, -0.2) is 14.5 Å². The Balaban J connectivity index is 2.78. The largest absolute Gasteiger partial charge is 0.328 e. The maximum Gasteiger partial charge on any atom is 0.167 e. The Kier molecular flexibility index (Phi) is 2.49. The summed E-state index contributed by atoms with van der Waals surface area (Å²) in [6.07, 6.45) is 6.58. The van der Waals surface area contributed by atoms with Crippen LogP contribution >= 0.6 is 0 Å². The van der Waals surface area contributed by atoms with Crippen molar-refractivity contribution in [3.05, 3.63) is 30.1 Å². The molecular weight excluding hydrogens is 193 g/mol. The number of imidazole rings is 1. The lowest BCUT2D eigenvalue weighted by atomic mass is 10.2. The van der Waals surface area contributed by atoms with Crippen LogP contribution in [0.5, 0.6) is 0 Å². The molecule has 0 aliphatic rings. The Hall–Kier alpha value is -1.71. The second-order valence-corrected chi connectivity index (χ2v) is 3.22. The summed E-state index contributed by atoms with van der Waals surface area (Å²) >= 11 is 0. The van der Waals surface area contributed by atoms with Crippen LogP contribution in [0.4, 0.5) is 4.39 Å². The number of fused-ring (bicyclic) bond motifs is 1. The van der Waals surface area contributed by atoms with Gasteiger partial charge in [0, 0.05) is 6.54 Å². The fourth-order valence-electron chi connectivity index (χ4n) is 1.59. The van der Waals surface area contributed by atoms with Crippen LogP contribution in [0.2, 0.25) is 0 Å². The first-order valence-corrected chi connectivity index (χ1v) is 4.90. The van der Waals surface area contributed by atoms with Gasteiger partial charge in [-0.1, -0.05) is 6.08 Å². The lowest BCUT2D eigenvalue weighted by Gasteiger charge is -2.01. The lowest BCUT2D eigenvalue weighted by Crippen LogP contribution is -1.95. The molecule has 0 unspecified atom stereocenters. The average Bonchev–Trinajstić information content (AvgIpc) is 2.67. The number of aromatic nitrogens is 3. The smallest absolute Gasteiger partial charge is 0.167 e. The molecule has 0 radical (unpaired) electrons. The minimum absolute atomic E-state index is 0.322. The number of hydrogen-bond donors (Lipinski definition) is 0. The van der Waals surface area contributed by atoms with E-state index in [0.717, 1.165) is 0 Å². The molecule has 3 nitrogen and oxygen atoms in total. The van der Waals surface area contributed by atoms with Gasteiger partial charge in [-0.2, -0.15) is 0 Å². The Morgan fingerprint density at radius 3 is 2.93 bits per heavy atom. The van der Waals surface area contributed by atoms with E-state index in [1.165, 1.54) is 6.20 Å². The number of allylic oxidation sites excluding steroid dienone is 1. The molecule has 0 aliphatic heterocycles. The Bertz CT molecular complexity index is 514. The highest BCUT2D eigenvalue weighted by Gasteiger charge is 2.10. The quantitative estimate of drug-likeness (QED) is 0.754. The summed E-state index contributed by atoms with van der Waals surface area (Å²) in [4.78, 5) is 8.18. The third-order valence-corrected chi connectivity index (χ3v) is 2.29. The molecule has 2 aromatic rings. The molecule has 0 fully saturated rings. The summed E-state index contributed by atoms with van der Waals surface area (Å²) in [7, 11) is 0. The van der Waals surface area contributed by atoms with Gasteiger partial charge in [-0.3, -0.25) is 4.98 Å². The molecule has 4 heteroatoms. The van der Waals surface area contributed by atoms with E-state index in [-0.39, 0.29) is 5.82 Å². The van der Waals surface area contributed by atoms with Crippen LogP contribution in [-0.2, 0) is 6.54 Å². The summed E-state index contributed by atoms with van der Waals surface area (Å²) in [5.74, 6) is -0.322. The van der Waals surface area contributed by atoms with Crippen molar-refractivity contribution in [2.45, 2.75) is 20.4 Å². The van der Waals surface area contributed by atoms with E-state index in [9.17, 15) is 4.39 Å². The normalized spacial score (nSPS) is 11.7. The topological polar surface area (TPSA) is 30.7 Å². The maximum atomic E-state index is 13.5. The molecule has 0 aromatic carbocycles. The molecule has 2 heterocycles. The molecule has 0 amide bonds. The molecule has 0 aliphatic carbocycles. The predicted octanol–water partition coefficient (Wildman–Crippen LogP) is 2.62. The summed E-state index contributed by atoms with van der Waals surface area (Å²) in [5, 5.41) is 0. The minimum atomic E-state index is -0.322. The van der Waals surface area contributed by atoms with Crippen LogP contribution in [0.15, 0.2) is 18.6 Å². The fraction of sp³-hybridized carbons (Fsp3) is 0.273. The van der Waals surface area contributed by atoms with Gasteiger partial charge in [0.25, 0.3) is 0 Å².